The van der Waals surface area contributed by atoms with Gasteiger partial charge in [-0.2, -0.15) is 0 Å². The van der Waals surface area contributed by atoms with E-state index in [1.165, 1.54) is 0 Å². The molecule has 0 aromatic rings. The molecule has 3 saturated carbocycles. The number of carbonyl (C=O) groups is 1. The number of hydrogen-bond donors (Lipinski definition) is 6. The van der Waals surface area contributed by atoms with Gasteiger partial charge in [0.05, 0.1) is 29.5 Å². The first kappa shape index (κ1) is 32.1. The lowest BCUT2D eigenvalue weighted by Gasteiger charge is -2.60. The quantitative estimate of drug-likeness (QED) is 0.245. The number of aliphatic hydroxyl groups excluding tert-OH is 1. The summed E-state index contributed by atoms with van der Waals surface area (Å²) in [6.07, 6.45) is 9.20. The summed E-state index contributed by atoms with van der Waals surface area (Å²) in [5.74, 6) is 0.273. The predicted molar refractivity (Wildman–Crippen MR) is 163 cm³/mol. The average molecular weight is 604 g/mol. The molecular formula is C35H59N2O6+. The van der Waals surface area contributed by atoms with Crippen LogP contribution in [0.5, 0.6) is 0 Å². The summed E-state index contributed by atoms with van der Waals surface area (Å²) in [5.41, 5.74) is 2.20. The Morgan fingerprint density at radius 3 is 2.42 bits per heavy atom. The molecule has 13 atom stereocenters. The van der Waals surface area contributed by atoms with Crippen LogP contribution in [0.3, 0.4) is 0 Å². The van der Waals surface area contributed by atoms with Crippen LogP contribution >= 0.6 is 0 Å². The third-order valence-corrected chi connectivity index (χ3v) is 14.6. The maximum Gasteiger partial charge on any atom is 0.159 e. The highest BCUT2D eigenvalue weighted by Gasteiger charge is 2.72. The van der Waals surface area contributed by atoms with E-state index in [1.54, 1.807) is 6.08 Å². The molecule has 0 bridgehead atoms. The van der Waals surface area contributed by atoms with Gasteiger partial charge < -0.3 is 30.5 Å². The number of piperidine rings is 1. The molecule has 244 valence electrons. The van der Waals surface area contributed by atoms with Crippen LogP contribution in [-0.4, -0.2) is 74.0 Å². The zero-order valence-electron chi connectivity index (χ0n) is 27.4. The minimum absolute atomic E-state index is 0.0394. The second kappa shape index (κ2) is 10.3. The van der Waals surface area contributed by atoms with E-state index in [0.29, 0.717) is 31.6 Å². The van der Waals surface area contributed by atoms with E-state index >= 15 is 0 Å². The molecule has 43 heavy (non-hydrogen) atoms. The fraction of sp³-hybridized carbons (Fsp3) is 0.914. The molecule has 4 aliphatic carbocycles. The van der Waals surface area contributed by atoms with Crippen molar-refractivity contribution < 1.29 is 35.3 Å². The van der Waals surface area contributed by atoms with Crippen LogP contribution in [0.4, 0.5) is 0 Å². The van der Waals surface area contributed by atoms with Crippen molar-refractivity contribution in [2.75, 3.05) is 6.54 Å². The van der Waals surface area contributed by atoms with Gasteiger partial charge in [0, 0.05) is 17.8 Å². The molecule has 6 rings (SSSR count). The number of aliphatic hydroxyl groups is 4. The first-order valence-electron chi connectivity index (χ1n) is 17.2. The molecule has 2 saturated heterocycles. The average Bonchev–Trinajstić information content (AvgIpc) is 3.69. The predicted octanol–water partition coefficient (Wildman–Crippen LogP) is 2.55. The number of quaternary nitrogens is 1. The summed E-state index contributed by atoms with van der Waals surface area (Å²) in [7, 11) is 0. The summed E-state index contributed by atoms with van der Waals surface area (Å²) in [6, 6.07) is 0. The van der Waals surface area contributed by atoms with Crippen molar-refractivity contribution in [3.8, 4) is 0 Å². The summed E-state index contributed by atoms with van der Waals surface area (Å²) < 4.78 is 6.23. The lowest BCUT2D eigenvalue weighted by Crippen LogP contribution is -2.94. The van der Waals surface area contributed by atoms with Crippen LogP contribution < -0.4 is 11.1 Å². The number of allylic oxidation sites excluding steroid dienone is 1. The molecule has 8 N–H and O–H groups in total. The van der Waals surface area contributed by atoms with Gasteiger partial charge >= 0.3 is 0 Å². The smallest absolute Gasteiger partial charge is 0.159 e. The van der Waals surface area contributed by atoms with Gasteiger partial charge in [0.15, 0.2) is 5.78 Å². The molecule has 5 fully saturated rings. The standard InChI is InChI=1S/C35H58N2O6/c1-30(2,12-7-20-11-16-37-27(36)17-20)34(6,41)29-28(43-29)33(5,40)26-10-15-35(42)23-19-25(39)24-18-21(38)8-13-31(24,3)22(23)9-14-32(26,35)4/h19-22,24,26-29,37-38,40-42H,7-18,36H2,1-6H3/p+1. The fourth-order valence-corrected chi connectivity index (χ4v) is 11.0. The Balaban J connectivity index is 1.19. The molecule has 0 aromatic carbocycles. The highest BCUT2D eigenvalue weighted by Crippen LogP contribution is 2.69. The number of carbonyl (C=O) groups excluding carboxylic acids is 1. The molecule has 2 heterocycles. The number of ether oxygens (including phenoxy) is 1. The number of fused-ring (bicyclic) bond motifs is 5. The molecule has 8 heteroatoms. The summed E-state index contributed by atoms with van der Waals surface area (Å²) >= 11 is 0. The second-order valence-corrected chi connectivity index (χ2v) is 17.3. The minimum Gasteiger partial charge on any atom is -0.393 e. The minimum atomic E-state index is -1.25. The van der Waals surface area contributed by atoms with Gasteiger partial charge in [-0.3, -0.25) is 10.5 Å². The van der Waals surface area contributed by atoms with Gasteiger partial charge in [-0.05, 0) is 118 Å². The summed E-state index contributed by atoms with van der Waals surface area (Å²) in [6.45, 7) is 13.3. The Kier molecular flexibility index (Phi) is 7.70. The first-order valence-corrected chi connectivity index (χ1v) is 17.2. The summed E-state index contributed by atoms with van der Waals surface area (Å²) in [4.78, 5) is 13.5. The Bertz CT molecular complexity index is 1150. The van der Waals surface area contributed by atoms with Crippen LogP contribution in [0.25, 0.3) is 0 Å². The van der Waals surface area contributed by atoms with Crippen molar-refractivity contribution in [2.45, 2.75) is 153 Å². The lowest BCUT2D eigenvalue weighted by molar-refractivity contribution is -0.699. The monoisotopic (exact) mass is 603 g/mol. The van der Waals surface area contributed by atoms with E-state index in [1.807, 2.05) is 13.8 Å². The normalized spacial score (nSPS) is 49.2. The van der Waals surface area contributed by atoms with Crippen LogP contribution in [0.15, 0.2) is 11.6 Å². The van der Waals surface area contributed by atoms with Crippen LogP contribution in [-0.2, 0) is 9.53 Å². The molecule has 13 unspecified atom stereocenters. The van der Waals surface area contributed by atoms with Gasteiger partial charge in [-0.25, -0.2) is 0 Å². The highest BCUT2D eigenvalue weighted by molar-refractivity contribution is 5.95. The molecule has 8 nitrogen and oxygen atoms in total. The number of ketones is 1. The van der Waals surface area contributed by atoms with Gasteiger partial charge in [0.25, 0.3) is 0 Å². The van der Waals surface area contributed by atoms with Crippen molar-refractivity contribution in [3.05, 3.63) is 11.6 Å². The Hall–Kier alpha value is -0.870. The number of hydrogen-bond acceptors (Lipinski definition) is 7. The zero-order valence-corrected chi connectivity index (χ0v) is 27.4. The van der Waals surface area contributed by atoms with E-state index in [2.05, 4.69) is 33.0 Å². The van der Waals surface area contributed by atoms with E-state index in [0.717, 1.165) is 57.1 Å². The van der Waals surface area contributed by atoms with E-state index in [9.17, 15) is 25.2 Å². The third kappa shape index (κ3) is 4.75. The first-order chi connectivity index (χ1) is 19.9. The molecule has 0 aromatic heterocycles. The van der Waals surface area contributed by atoms with Crippen LogP contribution in [0, 0.1) is 39.9 Å². The number of epoxide rings is 1. The molecule has 0 amide bonds. The number of rotatable bonds is 7. The van der Waals surface area contributed by atoms with Gasteiger partial charge in [-0.1, -0.05) is 27.7 Å². The fourth-order valence-electron chi connectivity index (χ4n) is 11.0. The Labute approximate surface area is 258 Å². The molecule has 6 aliphatic rings. The SMILES string of the molecule is CC(O)(C1OC1C(C)(O)C(C)(C)CCC1CC[NH2+]C(N)C1)C1CCC2(O)C3=CC(=O)C4CC(O)CCC4(C)C3CCC12C. The largest absolute Gasteiger partial charge is 0.393 e. The van der Waals surface area contributed by atoms with Crippen molar-refractivity contribution in [1.29, 1.82) is 0 Å². The summed E-state index contributed by atoms with van der Waals surface area (Å²) in [5, 5.41) is 49.3. The van der Waals surface area contributed by atoms with Crippen molar-refractivity contribution in [3.63, 3.8) is 0 Å². The van der Waals surface area contributed by atoms with Crippen molar-refractivity contribution >= 4 is 5.78 Å². The van der Waals surface area contributed by atoms with Crippen molar-refractivity contribution in [1.82, 2.24) is 0 Å². The molecule has 2 aliphatic heterocycles. The Morgan fingerprint density at radius 1 is 1.00 bits per heavy atom. The highest BCUT2D eigenvalue weighted by atomic mass is 16.6. The van der Waals surface area contributed by atoms with Gasteiger partial charge in [0.2, 0.25) is 0 Å². The van der Waals surface area contributed by atoms with Gasteiger partial charge in [0.1, 0.15) is 18.4 Å². The zero-order chi connectivity index (χ0) is 31.4. The second-order valence-electron chi connectivity index (χ2n) is 17.3. The Morgan fingerprint density at radius 2 is 1.72 bits per heavy atom. The lowest BCUT2D eigenvalue weighted by atomic mass is 9.46. The van der Waals surface area contributed by atoms with Crippen LogP contribution in [0.1, 0.15) is 112 Å². The molecule has 0 radical (unpaired) electrons. The van der Waals surface area contributed by atoms with E-state index in [-0.39, 0.29) is 35.1 Å². The maximum atomic E-state index is 13.5. The molecule has 0 spiro atoms. The van der Waals surface area contributed by atoms with Crippen LogP contribution in [0.2, 0.25) is 0 Å². The maximum absolute atomic E-state index is 13.5. The molecular weight excluding hydrogens is 544 g/mol. The van der Waals surface area contributed by atoms with E-state index in [4.69, 9.17) is 10.5 Å². The van der Waals surface area contributed by atoms with Crippen molar-refractivity contribution in [2.24, 2.45) is 45.7 Å². The third-order valence-electron chi connectivity index (χ3n) is 14.6. The number of nitrogens with two attached hydrogens (primary N) is 2. The van der Waals surface area contributed by atoms with E-state index < -0.39 is 45.9 Å². The van der Waals surface area contributed by atoms with Gasteiger partial charge in [-0.15, -0.1) is 0 Å². The topological polar surface area (TPSA) is 153 Å².